The topological polar surface area (TPSA) is 3.24 Å². The lowest BCUT2D eigenvalue weighted by Crippen LogP contribution is -2.09. The lowest BCUT2D eigenvalue weighted by Gasteiger charge is -2.26. The summed E-state index contributed by atoms with van der Waals surface area (Å²) in [5.41, 5.74) is 8.28. The first-order valence-corrected chi connectivity index (χ1v) is 16.2. The molecule has 0 bridgehead atoms. The van der Waals surface area contributed by atoms with E-state index in [0.29, 0.717) is 0 Å². The molecule has 0 radical (unpaired) electrons. The molecule has 0 N–H and O–H groups in total. The summed E-state index contributed by atoms with van der Waals surface area (Å²) >= 11 is 0. The van der Waals surface area contributed by atoms with Gasteiger partial charge in [0.15, 0.2) is 0 Å². The molecule has 0 saturated carbocycles. The van der Waals surface area contributed by atoms with E-state index in [0.717, 1.165) is 17.1 Å². The molecule has 9 aromatic rings. The Bertz CT molecular complexity index is 2500. The number of nitrogens with zero attached hydrogens (tertiary/aromatic N) is 1. The summed E-state index contributed by atoms with van der Waals surface area (Å²) in [5.74, 6) is 0. The van der Waals surface area contributed by atoms with Crippen LogP contribution in [0.2, 0.25) is 0 Å². The van der Waals surface area contributed by atoms with Gasteiger partial charge in [-0.3, -0.25) is 0 Å². The van der Waals surface area contributed by atoms with Crippen LogP contribution < -0.4 is 4.90 Å². The van der Waals surface area contributed by atoms with E-state index in [1.165, 1.54) is 65.3 Å². The molecule has 0 spiro atoms. The minimum atomic E-state index is 1.12. The molecule has 0 heterocycles. The number of anilines is 3. The Morgan fingerprint density at radius 2 is 0.681 bits per heavy atom. The zero-order chi connectivity index (χ0) is 31.2. The molecule has 1 heteroatoms. The van der Waals surface area contributed by atoms with Crippen LogP contribution in [0.3, 0.4) is 0 Å². The lowest BCUT2D eigenvalue weighted by atomic mass is 9.92. The van der Waals surface area contributed by atoms with E-state index in [1.54, 1.807) is 0 Å². The van der Waals surface area contributed by atoms with Crippen LogP contribution in [0.4, 0.5) is 17.1 Å². The smallest absolute Gasteiger partial charge is 0.0468 e. The van der Waals surface area contributed by atoms with E-state index in [4.69, 9.17) is 0 Å². The number of fused-ring (bicyclic) bond motifs is 4. The van der Waals surface area contributed by atoms with Gasteiger partial charge in [0, 0.05) is 17.1 Å². The molecule has 0 atom stereocenters. The maximum Gasteiger partial charge on any atom is 0.0468 e. The molecule has 47 heavy (non-hydrogen) atoms. The zero-order valence-electron chi connectivity index (χ0n) is 25.8. The monoisotopic (exact) mass is 597 g/mol. The summed E-state index contributed by atoms with van der Waals surface area (Å²) in [6.45, 7) is 0. The second-order valence-corrected chi connectivity index (χ2v) is 12.3. The number of hydrogen-bond acceptors (Lipinski definition) is 1. The molecule has 1 nitrogen and oxygen atoms in total. The molecule has 0 amide bonds. The number of benzene rings is 9. The second kappa shape index (κ2) is 11.3. The first-order chi connectivity index (χ1) is 23.3. The maximum atomic E-state index is 2.37. The molecule has 0 fully saturated rings. The van der Waals surface area contributed by atoms with Gasteiger partial charge in [-0.1, -0.05) is 133 Å². The fraction of sp³-hybridized carbons (Fsp3) is 0. The van der Waals surface area contributed by atoms with Gasteiger partial charge in [-0.25, -0.2) is 0 Å². The van der Waals surface area contributed by atoms with Crippen LogP contribution >= 0.6 is 0 Å². The van der Waals surface area contributed by atoms with Crippen molar-refractivity contribution >= 4 is 60.2 Å². The molecule has 0 unspecified atom stereocenters. The maximum absolute atomic E-state index is 2.37. The third-order valence-corrected chi connectivity index (χ3v) is 9.36. The van der Waals surface area contributed by atoms with Gasteiger partial charge in [0.1, 0.15) is 0 Å². The van der Waals surface area contributed by atoms with Gasteiger partial charge in [0.2, 0.25) is 0 Å². The van der Waals surface area contributed by atoms with E-state index in [-0.39, 0.29) is 0 Å². The Balaban J connectivity index is 1.17. The SMILES string of the molecule is c1ccc2cc(-c3cc(-c4ccc(N(c5ccc6ccccc6c5)c5ccc6ccccc6c5)cc4)c4ccccc4c3)ccc2c1. The zero-order valence-corrected chi connectivity index (χ0v) is 25.8. The molecular formula is C46H31N. The Morgan fingerprint density at radius 1 is 0.255 bits per heavy atom. The van der Waals surface area contributed by atoms with Crippen molar-refractivity contribution in [2.45, 2.75) is 0 Å². The van der Waals surface area contributed by atoms with Crippen LogP contribution in [0, 0.1) is 0 Å². The van der Waals surface area contributed by atoms with Crippen LogP contribution in [0.1, 0.15) is 0 Å². The fourth-order valence-electron chi connectivity index (χ4n) is 6.95. The first kappa shape index (κ1) is 27.2. The highest BCUT2D eigenvalue weighted by Gasteiger charge is 2.15. The van der Waals surface area contributed by atoms with E-state index >= 15 is 0 Å². The van der Waals surface area contributed by atoms with Crippen molar-refractivity contribution in [3.8, 4) is 22.3 Å². The van der Waals surface area contributed by atoms with Gasteiger partial charge in [-0.2, -0.15) is 0 Å². The average Bonchev–Trinajstić information content (AvgIpc) is 3.14. The molecule has 220 valence electrons. The summed E-state index contributed by atoms with van der Waals surface area (Å²) in [4.78, 5) is 2.37. The van der Waals surface area contributed by atoms with Gasteiger partial charge >= 0.3 is 0 Å². The van der Waals surface area contributed by atoms with Crippen molar-refractivity contribution < 1.29 is 0 Å². The summed E-state index contributed by atoms with van der Waals surface area (Å²) < 4.78 is 0. The fourth-order valence-corrected chi connectivity index (χ4v) is 6.95. The van der Waals surface area contributed by atoms with Crippen molar-refractivity contribution in [3.63, 3.8) is 0 Å². The molecule has 9 aromatic carbocycles. The Kier molecular flexibility index (Phi) is 6.54. The van der Waals surface area contributed by atoms with Gasteiger partial charge < -0.3 is 4.90 Å². The van der Waals surface area contributed by atoms with Crippen molar-refractivity contribution in [2.24, 2.45) is 0 Å². The van der Waals surface area contributed by atoms with E-state index in [1.807, 2.05) is 0 Å². The van der Waals surface area contributed by atoms with Crippen molar-refractivity contribution in [2.75, 3.05) is 4.90 Å². The highest BCUT2D eigenvalue weighted by atomic mass is 15.1. The van der Waals surface area contributed by atoms with Crippen LogP contribution in [0.15, 0.2) is 188 Å². The van der Waals surface area contributed by atoms with Gasteiger partial charge in [-0.15, -0.1) is 0 Å². The predicted molar refractivity (Wildman–Crippen MR) is 202 cm³/mol. The van der Waals surface area contributed by atoms with E-state index in [9.17, 15) is 0 Å². The molecule has 9 rings (SSSR count). The van der Waals surface area contributed by atoms with Crippen molar-refractivity contribution in [1.82, 2.24) is 0 Å². The third kappa shape index (κ3) is 4.99. The standard InChI is InChI=1S/C46H31N/c1-4-12-36-27-39(18-17-32(36)9-1)41-28-40-15-7-8-16-45(40)46(31-41)35-21-23-42(24-22-35)47(43-25-19-33-10-2-5-13-37(33)29-43)44-26-20-34-11-3-6-14-38(34)30-44/h1-31H. The van der Waals surface area contributed by atoms with Crippen LogP contribution in [0.5, 0.6) is 0 Å². The molecule has 0 aliphatic rings. The normalized spacial score (nSPS) is 11.4. The first-order valence-electron chi connectivity index (χ1n) is 16.2. The number of hydrogen-bond donors (Lipinski definition) is 0. The summed E-state index contributed by atoms with van der Waals surface area (Å²) in [6, 6.07) is 68.4. The lowest BCUT2D eigenvalue weighted by molar-refractivity contribution is 1.29. The Hall–Kier alpha value is -6.18. The van der Waals surface area contributed by atoms with Gasteiger partial charge in [0.05, 0.1) is 0 Å². The van der Waals surface area contributed by atoms with Crippen molar-refractivity contribution in [3.05, 3.63) is 188 Å². The van der Waals surface area contributed by atoms with E-state index in [2.05, 4.69) is 193 Å². The van der Waals surface area contributed by atoms with Crippen LogP contribution in [-0.2, 0) is 0 Å². The highest BCUT2D eigenvalue weighted by molar-refractivity contribution is 6.01. The number of rotatable bonds is 5. The average molecular weight is 598 g/mol. The predicted octanol–water partition coefficient (Wildman–Crippen LogP) is 13.1. The van der Waals surface area contributed by atoms with Crippen LogP contribution in [0.25, 0.3) is 65.3 Å². The van der Waals surface area contributed by atoms with Crippen LogP contribution in [-0.4, -0.2) is 0 Å². The highest BCUT2D eigenvalue weighted by Crippen LogP contribution is 2.40. The van der Waals surface area contributed by atoms with E-state index < -0.39 is 0 Å². The molecule has 0 aromatic heterocycles. The summed E-state index contributed by atoms with van der Waals surface area (Å²) in [5, 5.41) is 9.94. The second-order valence-electron chi connectivity index (χ2n) is 12.3. The van der Waals surface area contributed by atoms with Crippen molar-refractivity contribution in [1.29, 1.82) is 0 Å². The Labute approximate surface area is 274 Å². The van der Waals surface area contributed by atoms with Gasteiger partial charge in [0.25, 0.3) is 0 Å². The quantitative estimate of drug-likeness (QED) is 0.191. The largest absolute Gasteiger partial charge is 0.310 e. The minimum Gasteiger partial charge on any atom is -0.310 e. The molecular weight excluding hydrogens is 567 g/mol. The Morgan fingerprint density at radius 3 is 1.28 bits per heavy atom. The van der Waals surface area contributed by atoms with Gasteiger partial charge in [-0.05, 0) is 120 Å². The summed E-state index contributed by atoms with van der Waals surface area (Å²) in [7, 11) is 0. The third-order valence-electron chi connectivity index (χ3n) is 9.36. The minimum absolute atomic E-state index is 1.12. The molecule has 0 saturated heterocycles. The molecule has 0 aliphatic carbocycles. The molecule has 0 aliphatic heterocycles. The summed E-state index contributed by atoms with van der Waals surface area (Å²) in [6.07, 6.45) is 0.